The van der Waals surface area contributed by atoms with Crippen molar-refractivity contribution < 1.29 is 19.1 Å². The minimum absolute atomic E-state index is 0.115. The number of rotatable bonds is 6. The van der Waals surface area contributed by atoms with Crippen LogP contribution in [0.3, 0.4) is 0 Å². The molecule has 0 aromatic heterocycles. The summed E-state index contributed by atoms with van der Waals surface area (Å²) in [5.41, 5.74) is 0.612. The fourth-order valence-electron chi connectivity index (χ4n) is 1.55. The number of nitrogens with one attached hydrogen (secondary N) is 1. The first kappa shape index (κ1) is 14.2. The van der Waals surface area contributed by atoms with Crippen LogP contribution >= 0.6 is 7.60 Å². The van der Waals surface area contributed by atoms with E-state index in [9.17, 15) is 14.6 Å². The summed E-state index contributed by atoms with van der Waals surface area (Å²) in [6.45, 7) is 1.84. The Kier molecular flexibility index (Phi) is 5.15. The largest absolute Gasteiger partial charge is 0.508 e. The molecule has 2 unspecified atom stereocenters. The van der Waals surface area contributed by atoms with Crippen LogP contribution < -0.4 is 5.32 Å². The van der Waals surface area contributed by atoms with Gasteiger partial charge in [-0.05, 0) is 25.6 Å². The fraction of sp³-hybridized carbons (Fsp3) is 0.455. The molecule has 0 amide bonds. The number of benzene rings is 1. The Morgan fingerprint density at radius 3 is 2.65 bits per heavy atom. The molecule has 1 rings (SSSR count). The lowest BCUT2D eigenvalue weighted by Crippen LogP contribution is -2.28. The standard InChI is InChI=1S/C11H18NO4P/c1-3-16-17(14,15)11(12-2)8-9-6-4-5-7-10(9)13/h4-7,11-13H,3,8H2,1-2H3,(H,14,15). The van der Waals surface area contributed by atoms with E-state index in [-0.39, 0.29) is 18.8 Å². The first-order valence-electron chi connectivity index (χ1n) is 5.42. The van der Waals surface area contributed by atoms with Crippen molar-refractivity contribution in [2.24, 2.45) is 0 Å². The smallest absolute Gasteiger partial charge is 0.345 e. The topological polar surface area (TPSA) is 78.8 Å². The molecule has 0 aliphatic heterocycles. The molecular formula is C11H18NO4P. The normalized spacial score (nSPS) is 16.4. The summed E-state index contributed by atoms with van der Waals surface area (Å²) in [5, 5.41) is 12.4. The van der Waals surface area contributed by atoms with Gasteiger partial charge in [0.1, 0.15) is 11.5 Å². The molecular weight excluding hydrogens is 241 g/mol. The lowest BCUT2D eigenvalue weighted by Gasteiger charge is -2.22. The lowest BCUT2D eigenvalue weighted by molar-refractivity contribution is 0.259. The molecule has 2 atom stereocenters. The number of likely N-dealkylation sites (N-methyl/N-ethyl adjacent to an activating group) is 1. The summed E-state index contributed by atoms with van der Waals surface area (Å²) in [7, 11) is -2.12. The summed E-state index contributed by atoms with van der Waals surface area (Å²) >= 11 is 0. The van der Waals surface area contributed by atoms with Crippen LogP contribution in [-0.4, -0.2) is 29.4 Å². The molecule has 0 spiro atoms. The molecule has 0 saturated carbocycles. The Hall–Kier alpha value is -0.870. The molecule has 0 radical (unpaired) electrons. The summed E-state index contributed by atoms with van der Waals surface area (Å²) in [4.78, 5) is 9.72. The predicted octanol–water partition coefficient (Wildman–Crippen LogP) is 1.70. The molecule has 0 bridgehead atoms. The number of hydrogen-bond donors (Lipinski definition) is 3. The van der Waals surface area contributed by atoms with Gasteiger partial charge < -0.3 is 19.8 Å². The quantitative estimate of drug-likeness (QED) is 0.678. The second-order valence-electron chi connectivity index (χ2n) is 3.62. The van der Waals surface area contributed by atoms with Crippen LogP contribution in [0.15, 0.2) is 24.3 Å². The second-order valence-corrected chi connectivity index (χ2v) is 5.63. The molecule has 0 heterocycles. The molecule has 6 heteroatoms. The Labute approximate surface area is 101 Å². The molecule has 5 nitrogen and oxygen atoms in total. The van der Waals surface area contributed by atoms with E-state index in [1.54, 1.807) is 38.2 Å². The van der Waals surface area contributed by atoms with E-state index in [1.165, 1.54) is 0 Å². The van der Waals surface area contributed by atoms with E-state index in [2.05, 4.69) is 5.32 Å². The molecule has 1 aromatic carbocycles. The van der Waals surface area contributed by atoms with E-state index in [0.717, 1.165) is 0 Å². The van der Waals surface area contributed by atoms with Gasteiger partial charge in [-0.15, -0.1) is 0 Å². The van der Waals surface area contributed by atoms with Gasteiger partial charge in [-0.1, -0.05) is 18.2 Å². The van der Waals surface area contributed by atoms with Crippen LogP contribution in [-0.2, 0) is 15.5 Å². The zero-order chi connectivity index (χ0) is 12.9. The van der Waals surface area contributed by atoms with Gasteiger partial charge in [-0.3, -0.25) is 4.57 Å². The Balaban J connectivity index is 2.84. The van der Waals surface area contributed by atoms with Gasteiger partial charge >= 0.3 is 7.60 Å². The van der Waals surface area contributed by atoms with Gasteiger partial charge in [-0.25, -0.2) is 0 Å². The van der Waals surface area contributed by atoms with Gasteiger partial charge in [0.2, 0.25) is 0 Å². The summed E-state index contributed by atoms with van der Waals surface area (Å²) in [6, 6.07) is 6.73. The van der Waals surface area contributed by atoms with E-state index >= 15 is 0 Å². The van der Waals surface area contributed by atoms with Crippen molar-refractivity contribution in [3.8, 4) is 5.75 Å². The molecule has 1 aromatic rings. The highest BCUT2D eigenvalue weighted by Crippen LogP contribution is 2.47. The van der Waals surface area contributed by atoms with Crippen molar-refractivity contribution in [2.75, 3.05) is 13.7 Å². The summed E-state index contributed by atoms with van der Waals surface area (Å²) < 4.78 is 16.7. The first-order chi connectivity index (χ1) is 8.01. The summed E-state index contributed by atoms with van der Waals surface area (Å²) in [5.74, 6) is -0.611. The van der Waals surface area contributed by atoms with Crippen molar-refractivity contribution in [1.82, 2.24) is 5.32 Å². The first-order valence-corrected chi connectivity index (χ1v) is 7.07. The lowest BCUT2D eigenvalue weighted by atomic mass is 10.1. The molecule has 17 heavy (non-hydrogen) atoms. The number of hydrogen-bond acceptors (Lipinski definition) is 4. The highest BCUT2D eigenvalue weighted by molar-refractivity contribution is 7.53. The zero-order valence-electron chi connectivity index (χ0n) is 9.96. The van der Waals surface area contributed by atoms with Crippen LogP contribution in [0.1, 0.15) is 12.5 Å². The third-order valence-corrected chi connectivity index (χ3v) is 4.30. The van der Waals surface area contributed by atoms with E-state index in [0.29, 0.717) is 5.56 Å². The molecule has 0 aliphatic carbocycles. The number of phenolic OH excluding ortho intramolecular Hbond substituents is 1. The SMILES string of the molecule is CCOP(=O)(O)C(Cc1ccccc1O)NC. The Morgan fingerprint density at radius 1 is 1.47 bits per heavy atom. The highest BCUT2D eigenvalue weighted by Gasteiger charge is 2.31. The molecule has 3 N–H and O–H groups in total. The number of aromatic hydroxyl groups is 1. The molecule has 96 valence electrons. The van der Waals surface area contributed by atoms with Crippen LogP contribution in [0, 0.1) is 0 Å². The minimum atomic E-state index is -3.71. The Morgan fingerprint density at radius 2 is 2.12 bits per heavy atom. The molecule has 0 saturated heterocycles. The number of phenols is 1. The minimum Gasteiger partial charge on any atom is -0.508 e. The van der Waals surface area contributed by atoms with Crippen molar-refractivity contribution in [3.63, 3.8) is 0 Å². The average molecular weight is 259 g/mol. The monoisotopic (exact) mass is 259 g/mol. The van der Waals surface area contributed by atoms with Gasteiger partial charge in [-0.2, -0.15) is 0 Å². The summed E-state index contributed by atoms with van der Waals surface area (Å²) in [6.07, 6.45) is 0.233. The van der Waals surface area contributed by atoms with E-state index < -0.39 is 13.4 Å². The van der Waals surface area contributed by atoms with Crippen LogP contribution in [0.4, 0.5) is 0 Å². The van der Waals surface area contributed by atoms with Crippen molar-refractivity contribution in [3.05, 3.63) is 29.8 Å². The maximum atomic E-state index is 11.8. The fourth-order valence-corrected chi connectivity index (χ4v) is 2.85. The van der Waals surface area contributed by atoms with E-state index in [4.69, 9.17) is 4.52 Å². The van der Waals surface area contributed by atoms with Gasteiger partial charge in [0.05, 0.1) is 6.61 Å². The molecule has 0 fully saturated rings. The van der Waals surface area contributed by atoms with Crippen LogP contribution in [0.2, 0.25) is 0 Å². The highest BCUT2D eigenvalue weighted by atomic mass is 31.2. The maximum Gasteiger partial charge on any atom is 0.345 e. The number of para-hydroxylation sites is 1. The van der Waals surface area contributed by atoms with Crippen LogP contribution in [0.5, 0.6) is 5.75 Å². The van der Waals surface area contributed by atoms with Gasteiger partial charge in [0.15, 0.2) is 0 Å². The predicted molar refractivity (Wildman–Crippen MR) is 66.1 cm³/mol. The van der Waals surface area contributed by atoms with Crippen molar-refractivity contribution in [1.29, 1.82) is 0 Å². The van der Waals surface area contributed by atoms with Crippen molar-refractivity contribution in [2.45, 2.75) is 19.1 Å². The average Bonchev–Trinajstić information content (AvgIpc) is 2.27. The third kappa shape index (κ3) is 3.82. The van der Waals surface area contributed by atoms with Crippen molar-refractivity contribution >= 4 is 7.60 Å². The molecule has 0 aliphatic rings. The zero-order valence-corrected chi connectivity index (χ0v) is 10.9. The van der Waals surface area contributed by atoms with Gasteiger partial charge in [0, 0.05) is 6.42 Å². The third-order valence-electron chi connectivity index (χ3n) is 2.45. The Bertz CT molecular complexity index is 410. The van der Waals surface area contributed by atoms with Gasteiger partial charge in [0.25, 0.3) is 0 Å². The second kappa shape index (κ2) is 6.17. The maximum absolute atomic E-state index is 11.8. The van der Waals surface area contributed by atoms with Crippen LogP contribution in [0.25, 0.3) is 0 Å². The van der Waals surface area contributed by atoms with E-state index in [1.807, 2.05) is 0 Å².